The van der Waals surface area contributed by atoms with E-state index < -0.39 is 11.7 Å². The predicted octanol–water partition coefficient (Wildman–Crippen LogP) is 1.92. The number of benzene rings is 1. The van der Waals surface area contributed by atoms with Gasteiger partial charge in [-0.3, -0.25) is 14.5 Å². The number of anilines is 1. The van der Waals surface area contributed by atoms with Gasteiger partial charge in [0.05, 0.1) is 11.3 Å². The minimum absolute atomic E-state index is 0.121. The van der Waals surface area contributed by atoms with Crippen LogP contribution in [0, 0.1) is 0 Å². The molecule has 0 N–H and O–H groups in total. The number of carbonyl (C=O) groups excluding carboxylic acids is 2. The topological polar surface area (TPSA) is 76.3 Å². The van der Waals surface area contributed by atoms with Crippen molar-refractivity contribution >= 4 is 17.4 Å². The highest BCUT2D eigenvalue weighted by molar-refractivity contribution is 6.52. The van der Waals surface area contributed by atoms with Crippen molar-refractivity contribution in [3.8, 4) is 0 Å². The number of carbonyl (C=O) groups is 2. The van der Waals surface area contributed by atoms with E-state index in [1.807, 2.05) is 19.9 Å². The minimum Gasteiger partial charge on any atom is -0.423 e. The van der Waals surface area contributed by atoms with Crippen LogP contribution in [-0.2, 0) is 24.2 Å². The first-order chi connectivity index (χ1) is 10.1. The van der Waals surface area contributed by atoms with Crippen LogP contribution in [0.15, 0.2) is 22.6 Å². The summed E-state index contributed by atoms with van der Waals surface area (Å²) in [6.07, 6.45) is 1.45. The molecule has 0 bridgehead atoms. The van der Waals surface area contributed by atoms with Crippen LogP contribution in [0.25, 0.3) is 0 Å². The Hall–Kier alpha value is -2.50. The van der Waals surface area contributed by atoms with Gasteiger partial charge in [0.1, 0.15) is 6.54 Å². The van der Waals surface area contributed by atoms with Gasteiger partial charge < -0.3 is 4.42 Å². The van der Waals surface area contributed by atoms with Crippen LogP contribution in [0.4, 0.5) is 5.69 Å². The van der Waals surface area contributed by atoms with E-state index >= 15 is 0 Å². The van der Waals surface area contributed by atoms with Crippen molar-refractivity contribution in [1.82, 2.24) is 10.2 Å². The normalized spacial score (nSPS) is 13.9. The number of fused-ring (bicyclic) bond motifs is 1. The SMILES string of the molecule is CCc1ccc2c(c1)C(=O)C(=O)N2Cc1nnc(CC)o1. The van der Waals surface area contributed by atoms with Crippen molar-refractivity contribution in [3.05, 3.63) is 41.1 Å². The maximum absolute atomic E-state index is 12.1. The molecule has 3 rings (SSSR count). The first-order valence-corrected chi connectivity index (χ1v) is 6.94. The Balaban J connectivity index is 1.93. The molecule has 1 aromatic heterocycles. The van der Waals surface area contributed by atoms with E-state index in [0.717, 1.165) is 12.0 Å². The van der Waals surface area contributed by atoms with Crippen LogP contribution in [-0.4, -0.2) is 21.9 Å². The zero-order valence-corrected chi connectivity index (χ0v) is 11.9. The summed E-state index contributed by atoms with van der Waals surface area (Å²) in [5.74, 6) is -0.171. The van der Waals surface area contributed by atoms with E-state index in [1.165, 1.54) is 4.90 Å². The third kappa shape index (κ3) is 2.22. The summed E-state index contributed by atoms with van der Waals surface area (Å²) in [6.45, 7) is 4.03. The summed E-state index contributed by atoms with van der Waals surface area (Å²) in [5, 5.41) is 7.76. The maximum atomic E-state index is 12.1. The van der Waals surface area contributed by atoms with Crippen LogP contribution in [0.2, 0.25) is 0 Å². The van der Waals surface area contributed by atoms with Crippen molar-refractivity contribution in [1.29, 1.82) is 0 Å². The van der Waals surface area contributed by atoms with Gasteiger partial charge in [0, 0.05) is 6.42 Å². The number of ketones is 1. The van der Waals surface area contributed by atoms with Gasteiger partial charge in [-0.2, -0.15) is 0 Å². The van der Waals surface area contributed by atoms with E-state index in [1.54, 1.807) is 12.1 Å². The number of aryl methyl sites for hydroxylation is 2. The highest BCUT2D eigenvalue weighted by atomic mass is 16.4. The second-order valence-electron chi connectivity index (χ2n) is 4.87. The lowest BCUT2D eigenvalue weighted by Gasteiger charge is -2.14. The fourth-order valence-electron chi connectivity index (χ4n) is 2.35. The van der Waals surface area contributed by atoms with Gasteiger partial charge >= 0.3 is 0 Å². The molecule has 0 unspecified atom stereocenters. The first-order valence-electron chi connectivity index (χ1n) is 6.94. The van der Waals surface area contributed by atoms with Crippen molar-refractivity contribution < 1.29 is 14.0 Å². The quantitative estimate of drug-likeness (QED) is 0.802. The molecular formula is C15H15N3O3. The summed E-state index contributed by atoms with van der Waals surface area (Å²) >= 11 is 0. The average Bonchev–Trinajstić information content (AvgIpc) is 3.06. The lowest BCUT2D eigenvalue weighted by molar-refractivity contribution is -0.114. The summed E-state index contributed by atoms with van der Waals surface area (Å²) in [7, 11) is 0. The van der Waals surface area contributed by atoms with Crippen LogP contribution in [0.5, 0.6) is 0 Å². The largest absolute Gasteiger partial charge is 0.423 e. The number of rotatable bonds is 4. The smallest absolute Gasteiger partial charge is 0.299 e. The van der Waals surface area contributed by atoms with Crippen LogP contribution in [0.3, 0.4) is 0 Å². The Kier molecular flexibility index (Phi) is 3.29. The molecule has 1 aliphatic heterocycles. The number of Topliss-reactive ketones (excluding diaryl/α,β-unsaturated/α-hetero) is 1. The van der Waals surface area contributed by atoms with Crippen molar-refractivity contribution in [2.24, 2.45) is 0 Å². The number of hydrogen-bond donors (Lipinski definition) is 0. The zero-order valence-electron chi connectivity index (χ0n) is 11.9. The Labute approximate surface area is 121 Å². The third-order valence-corrected chi connectivity index (χ3v) is 3.55. The fourth-order valence-corrected chi connectivity index (χ4v) is 2.35. The van der Waals surface area contributed by atoms with Gasteiger partial charge in [0.25, 0.3) is 11.7 Å². The number of amides is 1. The molecule has 6 heteroatoms. The molecule has 1 amide bonds. The molecule has 2 heterocycles. The first kappa shape index (κ1) is 13.5. The molecule has 0 aliphatic carbocycles. The van der Waals surface area contributed by atoms with E-state index in [9.17, 15) is 9.59 Å². The summed E-state index contributed by atoms with van der Waals surface area (Å²) < 4.78 is 5.41. The van der Waals surface area contributed by atoms with Gasteiger partial charge in [-0.1, -0.05) is 19.9 Å². The van der Waals surface area contributed by atoms with Gasteiger partial charge in [0.15, 0.2) is 0 Å². The molecule has 21 heavy (non-hydrogen) atoms. The summed E-state index contributed by atoms with van der Waals surface area (Å²) in [6, 6.07) is 5.50. The molecule has 0 radical (unpaired) electrons. The number of aromatic nitrogens is 2. The molecule has 0 saturated carbocycles. The predicted molar refractivity (Wildman–Crippen MR) is 75.0 cm³/mol. The number of hydrogen-bond acceptors (Lipinski definition) is 5. The lowest BCUT2D eigenvalue weighted by Crippen LogP contribution is -2.29. The van der Waals surface area contributed by atoms with Gasteiger partial charge in [0.2, 0.25) is 11.8 Å². The lowest BCUT2D eigenvalue weighted by atomic mass is 10.1. The number of nitrogens with zero attached hydrogens (tertiary/aromatic N) is 3. The van der Waals surface area contributed by atoms with Crippen LogP contribution < -0.4 is 4.90 Å². The van der Waals surface area contributed by atoms with E-state index in [4.69, 9.17) is 4.42 Å². The molecule has 108 valence electrons. The van der Waals surface area contributed by atoms with Crippen molar-refractivity contribution in [3.63, 3.8) is 0 Å². The Morgan fingerprint density at radius 2 is 1.86 bits per heavy atom. The molecule has 0 saturated heterocycles. The summed E-state index contributed by atoms with van der Waals surface area (Å²) in [5.41, 5.74) is 2.09. The molecule has 1 aliphatic rings. The van der Waals surface area contributed by atoms with Gasteiger partial charge in [-0.15, -0.1) is 10.2 Å². The van der Waals surface area contributed by atoms with Gasteiger partial charge in [-0.25, -0.2) is 0 Å². The molecule has 1 aromatic carbocycles. The van der Waals surface area contributed by atoms with Gasteiger partial charge in [-0.05, 0) is 24.1 Å². The van der Waals surface area contributed by atoms with Crippen molar-refractivity contribution in [2.45, 2.75) is 33.2 Å². The molecule has 0 atom stereocenters. The van der Waals surface area contributed by atoms with E-state index in [0.29, 0.717) is 29.5 Å². The van der Waals surface area contributed by atoms with Crippen LogP contribution in [0.1, 0.15) is 41.6 Å². The highest BCUT2D eigenvalue weighted by Gasteiger charge is 2.36. The Bertz CT molecular complexity index is 721. The summed E-state index contributed by atoms with van der Waals surface area (Å²) in [4.78, 5) is 25.6. The fraction of sp³-hybridized carbons (Fsp3) is 0.333. The maximum Gasteiger partial charge on any atom is 0.299 e. The molecule has 0 spiro atoms. The Morgan fingerprint density at radius 1 is 1.10 bits per heavy atom. The molecular weight excluding hydrogens is 270 g/mol. The monoisotopic (exact) mass is 285 g/mol. The second kappa shape index (κ2) is 5.12. The Morgan fingerprint density at radius 3 is 2.52 bits per heavy atom. The van der Waals surface area contributed by atoms with E-state index in [2.05, 4.69) is 10.2 Å². The molecule has 2 aromatic rings. The zero-order chi connectivity index (χ0) is 15.0. The van der Waals surface area contributed by atoms with Crippen LogP contribution >= 0.6 is 0 Å². The van der Waals surface area contributed by atoms with E-state index in [-0.39, 0.29) is 6.54 Å². The van der Waals surface area contributed by atoms with Crippen molar-refractivity contribution in [2.75, 3.05) is 4.90 Å². The average molecular weight is 285 g/mol. The molecule has 0 fully saturated rings. The molecule has 6 nitrogen and oxygen atoms in total. The third-order valence-electron chi connectivity index (χ3n) is 3.55. The standard InChI is InChI=1S/C15H15N3O3/c1-3-9-5-6-11-10(7-9)14(19)15(20)18(11)8-13-17-16-12(4-2)21-13/h5-7H,3-4,8H2,1-2H3. The second-order valence-corrected chi connectivity index (χ2v) is 4.87. The highest BCUT2D eigenvalue weighted by Crippen LogP contribution is 2.31. The minimum atomic E-state index is -0.547.